The van der Waals surface area contributed by atoms with E-state index in [9.17, 15) is 9.18 Å². The van der Waals surface area contributed by atoms with Crippen molar-refractivity contribution >= 4 is 28.2 Å². The van der Waals surface area contributed by atoms with E-state index < -0.39 is 0 Å². The van der Waals surface area contributed by atoms with Gasteiger partial charge in [-0.1, -0.05) is 24.3 Å². The van der Waals surface area contributed by atoms with Gasteiger partial charge in [-0.2, -0.15) is 4.39 Å². The number of halogens is 1. The van der Waals surface area contributed by atoms with Gasteiger partial charge < -0.3 is 15.2 Å². The van der Waals surface area contributed by atoms with Crippen LogP contribution in [0.15, 0.2) is 66.6 Å². The number of hydrogen-bond acceptors (Lipinski definition) is 3. The fraction of sp³-hybridized carbons (Fsp3) is 0.100. The molecule has 130 valence electrons. The molecule has 0 saturated heterocycles. The molecule has 0 fully saturated rings. The smallest absolute Gasteiger partial charge is 0.255 e. The van der Waals surface area contributed by atoms with E-state index in [2.05, 4.69) is 15.6 Å². The minimum atomic E-state index is -0.386. The molecule has 0 saturated carbocycles. The van der Waals surface area contributed by atoms with Gasteiger partial charge in [-0.25, -0.2) is 4.98 Å². The second-order valence-corrected chi connectivity index (χ2v) is 6.03. The lowest BCUT2D eigenvalue weighted by molar-refractivity contribution is 0.102. The first kappa shape index (κ1) is 16.1. The maximum absolute atomic E-state index is 14.1. The van der Waals surface area contributed by atoms with Gasteiger partial charge in [-0.15, -0.1) is 0 Å². The highest BCUT2D eigenvalue weighted by Gasteiger charge is 2.17. The number of amides is 1. The quantitative estimate of drug-likeness (QED) is 0.711. The molecule has 0 spiro atoms. The average molecular weight is 348 g/mol. The number of aromatic nitrogens is 2. The number of hydrogen-bond donors (Lipinski definition) is 2. The molecular formula is C20H17FN4O. The third-order valence-corrected chi connectivity index (χ3v) is 4.31. The predicted molar refractivity (Wildman–Crippen MR) is 100 cm³/mol. The van der Waals surface area contributed by atoms with E-state index in [4.69, 9.17) is 0 Å². The van der Waals surface area contributed by atoms with Crippen LogP contribution in [-0.4, -0.2) is 22.0 Å². The summed E-state index contributed by atoms with van der Waals surface area (Å²) in [5.41, 5.74) is 3.21. The number of allylic oxidation sites excluding steroid dienone is 2. The first-order valence-corrected chi connectivity index (χ1v) is 8.27. The maximum atomic E-state index is 14.1. The Morgan fingerprint density at radius 1 is 1.23 bits per heavy atom. The number of nitrogens with one attached hydrogen (secondary N) is 2. The zero-order valence-corrected chi connectivity index (χ0v) is 14.2. The molecule has 0 radical (unpaired) electrons. The van der Waals surface area contributed by atoms with E-state index in [0.29, 0.717) is 29.2 Å². The first-order chi connectivity index (χ1) is 12.6. The third kappa shape index (κ3) is 2.86. The van der Waals surface area contributed by atoms with Crippen LogP contribution in [0.3, 0.4) is 0 Å². The number of aryl methyl sites for hydroxylation is 1. The van der Waals surface area contributed by atoms with Crippen LogP contribution in [0.1, 0.15) is 16.2 Å². The molecule has 26 heavy (non-hydrogen) atoms. The van der Waals surface area contributed by atoms with Gasteiger partial charge in [-0.3, -0.25) is 4.79 Å². The third-order valence-electron chi connectivity index (χ3n) is 4.31. The number of imidazole rings is 1. The van der Waals surface area contributed by atoms with Crippen LogP contribution in [-0.2, 0) is 7.05 Å². The maximum Gasteiger partial charge on any atom is 0.255 e. The number of carbonyl (C=O) groups is 1. The van der Waals surface area contributed by atoms with Crippen LogP contribution in [0, 0.1) is 0 Å². The van der Waals surface area contributed by atoms with E-state index in [1.165, 1.54) is 0 Å². The molecular weight excluding hydrogens is 331 g/mol. The Balaban J connectivity index is 1.69. The van der Waals surface area contributed by atoms with Crippen LogP contribution >= 0.6 is 0 Å². The average Bonchev–Trinajstić information content (AvgIpc) is 2.99. The summed E-state index contributed by atoms with van der Waals surface area (Å²) in [6.45, 7) is 0.467. The van der Waals surface area contributed by atoms with Crippen molar-refractivity contribution in [3.63, 3.8) is 0 Å². The van der Waals surface area contributed by atoms with E-state index in [1.54, 1.807) is 24.3 Å². The Labute approximate surface area is 149 Å². The molecule has 6 heteroatoms. The number of carbonyl (C=O) groups excluding carboxylic acids is 1. The molecule has 0 unspecified atom stereocenters. The monoisotopic (exact) mass is 348 g/mol. The summed E-state index contributed by atoms with van der Waals surface area (Å²) < 4.78 is 15.9. The molecule has 2 heterocycles. The fourth-order valence-corrected chi connectivity index (χ4v) is 2.97. The molecule has 2 N–H and O–H groups in total. The molecule has 0 atom stereocenters. The van der Waals surface area contributed by atoms with Gasteiger partial charge in [0.1, 0.15) is 5.82 Å². The number of rotatable bonds is 3. The summed E-state index contributed by atoms with van der Waals surface area (Å²) in [5.74, 6) is -0.0310. The summed E-state index contributed by atoms with van der Waals surface area (Å²) in [7, 11) is 1.83. The Kier molecular flexibility index (Phi) is 4.01. The van der Waals surface area contributed by atoms with E-state index >= 15 is 0 Å². The molecule has 1 aliphatic heterocycles. The normalized spacial score (nSPS) is 13.8. The Morgan fingerprint density at radius 3 is 2.81 bits per heavy atom. The second-order valence-electron chi connectivity index (χ2n) is 6.03. The summed E-state index contributed by atoms with van der Waals surface area (Å²) in [6.07, 6.45) is 3.58. The van der Waals surface area contributed by atoms with Crippen molar-refractivity contribution in [1.82, 2.24) is 14.9 Å². The Hall–Kier alpha value is -3.41. The summed E-state index contributed by atoms with van der Waals surface area (Å²) >= 11 is 0. The van der Waals surface area contributed by atoms with Gasteiger partial charge in [-0.05, 0) is 36.4 Å². The highest BCUT2D eigenvalue weighted by molar-refractivity contribution is 6.05. The van der Waals surface area contributed by atoms with Crippen LogP contribution in [0.5, 0.6) is 0 Å². The topological polar surface area (TPSA) is 59.0 Å². The number of fused-ring (bicyclic) bond motifs is 1. The molecule has 1 aliphatic rings. The van der Waals surface area contributed by atoms with Crippen molar-refractivity contribution in [2.45, 2.75) is 0 Å². The lowest BCUT2D eigenvalue weighted by Crippen LogP contribution is -2.16. The van der Waals surface area contributed by atoms with Crippen molar-refractivity contribution in [2.75, 3.05) is 11.9 Å². The van der Waals surface area contributed by atoms with Crippen molar-refractivity contribution in [1.29, 1.82) is 0 Å². The van der Waals surface area contributed by atoms with Gasteiger partial charge >= 0.3 is 0 Å². The zero-order valence-electron chi connectivity index (χ0n) is 14.2. The molecule has 0 aliphatic carbocycles. The molecule has 0 bridgehead atoms. The van der Waals surface area contributed by atoms with Crippen molar-refractivity contribution in [3.05, 3.63) is 78.0 Å². The molecule has 2 aromatic carbocycles. The Morgan fingerprint density at radius 2 is 2.04 bits per heavy atom. The number of nitrogens with zero attached hydrogens (tertiary/aromatic N) is 2. The molecule has 1 aromatic heterocycles. The van der Waals surface area contributed by atoms with E-state index in [1.807, 2.05) is 48.0 Å². The lowest BCUT2D eigenvalue weighted by Gasteiger charge is -2.11. The summed E-state index contributed by atoms with van der Waals surface area (Å²) in [5, 5.41) is 5.56. The SMILES string of the molecule is Cn1c(C2=C(F)NCC=C2)nc2ccc(NC(=O)c3ccccc3)cc21. The lowest BCUT2D eigenvalue weighted by atomic mass is 10.2. The highest BCUT2D eigenvalue weighted by atomic mass is 19.1. The molecule has 3 aromatic rings. The van der Waals surface area contributed by atoms with Crippen molar-refractivity contribution in [2.24, 2.45) is 7.05 Å². The minimum absolute atomic E-state index is 0.180. The van der Waals surface area contributed by atoms with Crippen LogP contribution in [0.4, 0.5) is 10.1 Å². The standard InChI is InChI=1S/C20H17FN4O/c1-25-17-12-14(23-20(26)13-6-3-2-4-7-13)9-10-16(17)24-19(25)15-8-5-11-22-18(15)21/h2-10,12,22H,11H2,1H3,(H,23,26). The van der Waals surface area contributed by atoms with Gasteiger partial charge in [0.15, 0.2) is 5.95 Å². The molecule has 5 nitrogen and oxygen atoms in total. The second kappa shape index (κ2) is 6.48. The van der Waals surface area contributed by atoms with Crippen molar-refractivity contribution in [3.8, 4) is 0 Å². The Bertz CT molecular complexity index is 1050. The molecule has 1 amide bonds. The van der Waals surface area contributed by atoms with E-state index in [0.717, 1.165) is 11.0 Å². The van der Waals surface area contributed by atoms with Gasteiger partial charge in [0, 0.05) is 24.8 Å². The highest BCUT2D eigenvalue weighted by Crippen LogP contribution is 2.27. The van der Waals surface area contributed by atoms with Crippen LogP contribution in [0.25, 0.3) is 16.6 Å². The van der Waals surface area contributed by atoms with Crippen LogP contribution in [0.2, 0.25) is 0 Å². The van der Waals surface area contributed by atoms with Crippen molar-refractivity contribution < 1.29 is 9.18 Å². The zero-order chi connectivity index (χ0) is 18.1. The predicted octanol–water partition coefficient (Wildman–Crippen LogP) is 3.62. The van der Waals surface area contributed by atoms with Gasteiger partial charge in [0.2, 0.25) is 0 Å². The number of dihydropyridines is 1. The summed E-state index contributed by atoms with van der Waals surface area (Å²) in [4.78, 5) is 16.8. The van der Waals surface area contributed by atoms with E-state index in [-0.39, 0.29) is 11.9 Å². The largest absolute Gasteiger partial charge is 0.358 e. The van der Waals surface area contributed by atoms with Gasteiger partial charge in [0.05, 0.1) is 16.6 Å². The van der Waals surface area contributed by atoms with Gasteiger partial charge in [0.25, 0.3) is 5.91 Å². The van der Waals surface area contributed by atoms with Crippen LogP contribution < -0.4 is 10.6 Å². The number of benzene rings is 2. The first-order valence-electron chi connectivity index (χ1n) is 8.27. The minimum Gasteiger partial charge on any atom is -0.358 e. The molecule has 4 rings (SSSR count). The fourth-order valence-electron chi connectivity index (χ4n) is 2.97. The summed E-state index contributed by atoms with van der Waals surface area (Å²) in [6, 6.07) is 14.5. The number of anilines is 1.